The Labute approximate surface area is 434 Å². The summed E-state index contributed by atoms with van der Waals surface area (Å²) in [5, 5.41) is 2.19. The van der Waals surface area contributed by atoms with Crippen LogP contribution in [0.15, 0.2) is 67.6 Å². The van der Waals surface area contributed by atoms with Gasteiger partial charge in [0.1, 0.15) is 34.3 Å². The van der Waals surface area contributed by atoms with Crippen LogP contribution in [0, 0.1) is 0 Å². The number of rotatable bonds is 8. The van der Waals surface area contributed by atoms with Crippen LogP contribution >= 0.6 is 0 Å². The van der Waals surface area contributed by atoms with Gasteiger partial charge in [-0.05, 0) is 47.9 Å². The zero-order valence-corrected chi connectivity index (χ0v) is 48.8. The fourth-order valence-electron chi connectivity index (χ4n) is 6.67. The fourth-order valence-corrected chi connectivity index (χ4v) is 6.67. The van der Waals surface area contributed by atoms with Crippen LogP contribution in [0.5, 0.6) is 0 Å². The lowest BCUT2D eigenvalue weighted by molar-refractivity contribution is 0.738. The van der Waals surface area contributed by atoms with Gasteiger partial charge in [0.25, 0.3) is 0 Å². The molecule has 13 heteroatoms. The van der Waals surface area contributed by atoms with Gasteiger partial charge >= 0.3 is 0 Å². The van der Waals surface area contributed by atoms with Crippen LogP contribution < -0.4 is 0 Å². The van der Waals surface area contributed by atoms with E-state index >= 15 is 0 Å². The van der Waals surface area contributed by atoms with Crippen LogP contribution in [0.2, 0.25) is 0 Å². The van der Waals surface area contributed by atoms with E-state index in [0.29, 0.717) is 53.0 Å². The third-order valence-corrected chi connectivity index (χ3v) is 10.2. The Morgan fingerprint density at radius 3 is 1.18 bits per heavy atom. The van der Waals surface area contributed by atoms with Gasteiger partial charge in [0.15, 0.2) is 5.65 Å². The van der Waals surface area contributed by atoms with E-state index in [9.17, 15) is 0 Å². The van der Waals surface area contributed by atoms with Crippen LogP contribution in [-0.4, -0.2) is 64.8 Å². The molecule has 8 aromatic rings. The highest BCUT2D eigenvalue weighted by atomic mass is 15.0. The van der Waals surface area contributed by atoms with Crippen molar-refractivity contribution in [3.63, 3.8) is 0 Å². The Kier molecular flexibility index (Phi) is 29.1. The van der Waals surface area contributed by atoms with Gasteiger partial charge in [0.05, 0.1) is 45.5 Å². The molecule has 0 radical (unpaired) electrons. The molecule has 0 bridgehead atoms. The van der Waals surface area contributed by atoms with E-state index in [-0.39, 0.29) is 0 Å². The molecule has 0 saturated carbocycles. The summed E-state index contributed by atoms with van der Waals surface area (Å²) in [4.78, 5) is 57.8. The SMILES string of the molecule is CC.CC.CC.CC.CC(C)c1nc(C(C)C)c2ccncc2n1.CC(C)c1nc(C(C)C)c2cnccc2n1.CC(C)c1nc(C(C)C)c2ncccc2n1.CC(C)c1nc(C(C)C)c2nccnc2n1. The summed E-state index contributed by atoms with van der Waals surface area (Å²) in [5.41, 5.74) is 9.61. The maximum absolute atomic E-state index is 4.66. The molecule has 0 N–H and O–H groups in total. The van der Waals surface area contributed by atoms with Crippen LogP contribution in [0.1, 0.15) is 260 Å². The van der Waals surface area contributed by atoms with Crippen molar-refractivity contribution in [1.29, 1.82) is 0 Å². The molecule has 0 spiro atoms. The minimum absolute atomic E-state index is 0.309. The summed E-state index contributed by atoms with van der Waals surface area (Å²) in [6.07, 6.45) is 12.4. The first-order chi connectivity index (χ1) is 34.4. The van der Waals surface area contributed by atoms with E-state index < -0.39 is 0 Å². The topological polar surface area (TPSA) is 168 Å². The number of hydrogen-bond acceptors (Lipinski definition) is 13. The molecule has 0 fully saturated rings. The highest BCUT2D eigenvalue weighted by Crippen LogP contribution is 2.27. The quantitative estimate of drug-likeness (QED) is 0.141. The van der Waals surface area contributed by atoms with Gasteiger partial charge in [-0.2, -0.15) is 0 Å². The van der Waals surface area contributed by atoms with Crippen molar-refractivity contribution in [1.82, 2.24) is 64.8 Å². The molecule has 0 aromatic carbocycles. The number of fused-ring (bicyclic) bond motifs is 4. The van der Waals surface area contributed by atoms with Crippen molar-refractivity contribution in [3.8, 4) is 0 Å². The minimum Gasteiger partial charge on any atom is -0.264 e. The van der Waals surface area contributed by atoms with E-state index in [1.165, 1.54) is 0 Å². The normalized spacial score (nSPS) is 10.7. The maximum Gasteiger partial charge on any atom is 0.181 e. The number of aromatic nitrogens is 13. The van der Waals surface area contributed by atoms with Crippen LogP contribution in [-0.2, 0) is 0 Å². The molecule has 0 unspecified atom stereocenters. The molecule has 0 saturated heterocycles. The summed E-state index contributed by atoms with van der Waals surface area (Å²) in [6, 6.07) is 7.87. The van der Waals surface area contributed by atoms with E-state index in [4.69, 9.17) is 0 Å². The first kappa shape index (κ1) is 63.9. The molecule has 0 aliphatic rings. The lowest BCUT2D eigenvalue weighted by Gasteiger charge is -2.12. The smallest absolute Gasteiger partial charge is 0.181 e. The zero-order valence-electron chi connectivity index (χ0n) is 48.8. The monoisotopic (exact) mass is 982 g/mol. The molecular formula is C59H91N13. The van der Waals surface area contributed by atoms with Crippen molar-refractivity contribution >= 4 is 44.0 Å². The van der Waals surface area contributed by atoms with E-state index in [2.05, 4.69) is 176 Å². The third-order valence-electron chi connectivity index (χ3n) is 10.2. The third kappa shape index (κ3) is 18.2. The van der Waals surface area contributed by atoms with Crippen LogP contribution in [0.3, 0.4) is 0 Å². The second-order valence-corrected chi connectivity index (χ2v) is 18.5. The van der Waals surface area contributed by atoms with E-state index in [1.807, 2.05) is 92.0 Å². The van der Waals surface area contributed by atoms with Crippen molar-refractivity contribution in [2.75, 3.05) is 0 Å². The van der Waals surface area contributed by atoms with Crippen LogP contribution in [0.4, 0.5) is 0 Å². The van der Waals surface area contributed by atoms with Gasteiger partial charge in [-0.15, -0.1) is 0 Å². The highest BCUT2D eigenvalue weighted by molar-refractivity contribution is 5.81. The summed E-state index contributed by atoms with van der Waals surface area (Å²) < 4.78 is 0. The van der Waals surface area contributed by atoms with Crippen molar-refractivity contribution in [3.05, 3.63) is 114 Å². The van der Waals surface area contributed by atoms with Crippen molar-refractivity contribution in [2.24, 2.45) is 0 Å². The van der Waals surface area contributed by atoms with Gasteiger partial charge in [-0.3, -0.25) is 15.0 Å². The largest absolute Gasteiger partial charge is 0.264 e. The molecule has 13 nitrogen and oxygen atoms in total. The predicted octanol–water partition coefficient (Wildman–Crippen LogP) is 16.6. The highest BCUT2D eigenvalue weighted by Gasteiger charge is 2.17. The average Bonchev–Trinajstić information content (AvgIpc) is 3.39. The molecule has 0 aliphatic carbocycles. The lowest BCUT2D eigenvalue weighted by Crippen LogP contribution is -2.06. The molecule has 72 heavy (non-hydrogen) atoms. The average molecular weight is 982 g/mol. The zero-order chi connectivity index (χ0) is 54.8. The lowest BCUT2D eigenvalue weighted by atomic mass is 10.0. The molecule has 8 aromatic heterocycles. The number of hydrogen-bond donors (Lipinski definition) is 0. The standard InChI is InChI=1S/3C13H17N3.C12H16N4.4C2H6/c1-8(2)12-10-7-14-6-5-11(10)15-13(16-12)9(3)4;1-8(2)12-10-5-6-14-7-11(10)15-13(16-12)9(3)4;1-8(2)11-12-10(6-5-7-14-12)15-13(16-11)9(3)4;1-7(2)9-10-12(14-6-5-13-10)16-11(15-9)8(3)4;4*1-2/h3*5-9H,1-4H3;5-8H,1-4H3;4*1-2H3. The molecule has 0 atom stereocenters. The van der Waals surface area contributed by atoms with Gasteiger partial charge in [0.2, 0.25) is 0 Å². The first-order valence-corrected chi connectivity index (χ1v) is 26.7. The Hall–Kier alpha value is -6.11. The van der Waals surface area contributed by atoms with Crippen LogP contribution in [0.25, 0.3) is 44.0 Å². The molecule has 0 amide bonds. The first-order valence-electron chi connectivity index (χ1n) is 26.7. The number of nitrogens with zero attached hydrogens (tertiary/aromatic N) is 13. The van der Waals surface area contributed by atoms with Gasteiger partial charge in [0, 0.05) is 71.6 Å². The Morgan fingerprint density at radius 1 is 0.292 bits per heavy atom. The summed E-state index contributed by atoms with van der Waals surface area (Å²) in [6.45, 7) is 50.0. The van der Waals surface area contributed by atoms with Gasteiger partial charge in [-0.25, -0.2) is 49.8 Å². The van der Waals surface area contributed by atoms with E-state index in [0.717, 1.165) is 84.4 Å². The Morgan fingerprint density at radius 2 is 0.681 bits per heavy atom. The fraction of sp³-hybridized carbons (Fsp3) is 0.542. The summed E-state index contributed by atoms with van der Waals surface area (Å²) in [7, 11) is 0. The second-order valence-electron chi connectivity index (χ2n) is 18.5. The second kappa shape index (κ2) is 32.8. The summed E-state index contributed by atoms with van der Waals surface area (Å²) >= 11 is 0. The molecule has 8 heterocycles. The molecule has 8 rings (SSSR count). The Balaban J connectivity index is 0.000000458. The predicted molar refractivity (Wildman–Crippen MR) is 305 cm³/mol. The minimum atomic E-state index is 0.309. The molecule has 392 valence electrons. The van der Waals surface area contributed by atoms with Gasteiger partial charge in [-0.1, -0.05) is 166 Å². The van der Waals surface area contributed by atoms with Gasteiger partial charge < -0.3 is 0 Å². The van der Waals surface area contributed by atoms with Crippen molar-refractivity contribution in [2.45, 2.75) is 214 Å². The van der Waals surface area contributed by atoms with E-state index in [1.54, 1.807) is 31.0 Å². The Bertz CT molecular complexity index is 2400. The van der Waals surface area contributed by atoms with Crippen molar-refractivity contribution < 1.29 is 0 Å². The molecular weight excluding hydrogens is 891 g/mol. The summed E-state index contributed by atoms with van der Waals surface area (Å²) in [5.74, 6) is 6.45. The molecule has 0 aliphatic heterocycles. The maximum atomic E-state index is 4.66. The number of pyridine rings is 3.